The van der Waals surface area contributed by atoms with Crippen LogP contribution in [0.15, 0.2) is 42.5 Å². The molecule has 1 unspecified atom stereocenters. The second-order valence-corrected chi connectivity index (χ2v) is 5.92. The number of benzene rings is 2. The molecule has 2 N–H and O–H groups in total. The zero-order valence-corrected chi connectivity index (χ0v) is 12.5. The largest absolute Gasteiger partial charge is 0.492 e. The fourth-order valence-corrected chi connectivity index (χ4v) is 3.00. The molecule has 0 radical (unpaired) electrons. The summed E-state index contributed by atoms with van der Waals surface area (Å²) >= 11 is 0. The Balaban J connectivity index is 1.74. The average Bonchev–Trinajstić information content (AvgIpc) is 3.36. The van der Waals surface area contributed by atoms with Crippen molar-refractivity contribution >= 4 is 10.8 Å². The van der Waals surface area contributed by atoms with Gasteiger partial charge in [-0.25, -0.2) is 0 Å². The molecule has 0 aliphatic heterocycles. The molecule has 1 aliphatic carbocycles. The van der Waals surface area contributed by atoms with Crippen molar-refractivity contribution < 1.29 is 9.84 Å². The van der Waals surface area contributed by atoms with Crippen LogP contribution in [-0.2, 0) is 0 Å². The summed E-state index contributed by atoms with van der Waals surface area (Å²) in [4.78, 5) is 0. The first-order valence-electron chi connectivity index (χ1n) is 7.75. The van der Waals surface area contributed by atoms with Crippen LogP contribution in [0.25, 0.3) is 10.8 Å². The first kappa shape index (κ1) is 14.4. The molecule has 0 spiro atoms. The molecular formula is C18H23NO2. The summed E-state index contributed by atoms with van der Waals surface area (Å²) in [5.41, 5.74) is -0.291. The lowest BCUT2D eigenvalue weighted by molar-refractivity contribution is 0.0865. The van der Waals surface area contributed by atoms with Gasteiger partial charge >= 0.3 is 0 Å². The highest BCUT2D eigenvalue weighted by atomic mass is 16.5. The summed E-state index contributed by atoms with van der Waals surface area (Å²) in [5, 5.41) is 15.7. The van der Waals surface area contributed by atoms with E-state index < -0.39 is 0 Å². The summed E-state index contributed by atoms with van der Waals surface area (Å²) in [5.74, 6) is 1.40. The van der Waals surface area contributed by atoms with Gasteiger partial charge in [0.15, 0.2) is 0 Å². The summed E-state index contributed by atoms with van der Waals surface area (Å²) in [6.07, 6.45) is 2.35. The quantitative estimate of drug-likeness (QED) is 0.822. The summed E-state index contributed by atoms with van der Waals surface area (Å²) < 4.78 is 6.00. The Morgan fingerprint density at radius 1 is 1.19 bits per heavy atom. The molecule has 1 saturated carbocycles. The highest BCUT2D eigenvalue weighted by Crippen LogP contribution is 2.40. The molecule has 112 valence electrons. The van der Waals surface area contributed by atoms with Gasteiger partial charge in [0.25, 0.3) is 0 Å². The molecule has 0 heterocycles. The number of aliphatic hydroxyl groups is 1. The molecule has 3 heteroatoms. The molecule has 0 bridgehead atoms. The van der Waals surface area contributed by atoms with Crippen LogP contribution in [0.5, 0.6) is 5.75 Å². The van der Waals surface area contributed by atoms with E-state index in [2.05, 4.69) is 36.5 Å². The Bertz CT molecular complexity index is 609. The fourth-order valence-electron chi connectivity index (χ4n) is 3.00. The molecule has 2 aromatic rings. The lowest BCUT2D eigenvalue weighted by Crippen LogP contribution is -2.55. The van der Waals surface area contributed by atoms with E-state index in [1.807, 2.05) is 18.2 Å². The van der Waals surface area contributed by atoms with Gasteiger partial charge < -0.3 is 15.2 Å². The Morgan fingerprint density at radius 3 is 2.62 bits per heavy atom. The third-order valence-corrected chi connectivity index (χ3v) is 4.39. The normalized spacial score (nSPS) is 17.6. The fraction of sp³-hybridized carbons (Fsp3) is 0.444. The van der Waals surface area contributed by atoms with Gasteiger partial charge in [-0.3, -0.25) is 0 Å². The van der Waals surface area contributed by atoms with Gasteiger partial charge in [0, 0.05) is 0 Å². The van der Waals surface area contributed by atoms with Crippen molar-refractivity contribution in [1.82, 2.24) is 5.32 Å². The van der Waals surface area contributed by atoms with Crippen LogP contribution < -0.4 is 10.1 Å². The SMILES string of the molecule is CCNC(CO)(COc1ccc2ccccc2c1)C1CC1. The van der Waals surface area contributed by atoms with Gasteiger partial charge in [0.2, 0.25) is 0 Å². The van der Waals surface area contributed by atoms with Crippen molar-refractivity contribution in [2.45, 2.75) is 25.3 Å². The van der Waals surface area contributed by atoms with Crippen molar-refractivity contribution in [3.05, 3.63) is 42.5 Å². The smallest absolute Gasteiger partial charge is 0.120 e. The molecule has 3 rings (SSSR count). The van der Waals surface area contributed by atoms with Gasteiger partial charge in [-0.1, -0.05) is 37.3 Å². The van der Waals surface area contributed by atoms with E-state index in [1.54, 1.807) is 0 Å². The Hall–Kier alpha value is -1.58. The zero-order valence-electron chi connectivity index (χ0n) is 12.5. The van der Waals surface area contributed by atoms with Gasteiger partial charge in [-0.05, 0) is 48.2 Å². The van der Waals surface area contributed by atoms with Crippen molar-refractivity contribution in [3.8, 4) is 5.75 Å². The Kier molecular flexibility index (Phi) is 4.13. The van der Waals surface area contributed by atoms with Crippen LogP contribution in [0.1, 0.15) is 19.8 Å². The lowest BCUT2D eigenvalue weighted by Gasteiger charge is -2.33. The number of hydrogen-bond donors (Lipinski definition) is 2. The molecule has 1 aliphatic rings. The minimum absolute atomic E-state index is 0.124. The highest BCUT2D eigenvalue weighted by Gasteiger charge is 2.45. The summed E-state index contributed by atoms with van der Waals surface area (Å²) in [7, 11) is 0. The molecule has 21 heavy (non-hydrogen) atoms. The first-order chi connectivity index (χ1) is 10.3. The number of hydrogen-bond acceptors (Lipinski definition) is 3. The van der Waals surface area contributed by atoms with Crippen molar-refractivity contribution in [2.75, 3.05) is 19.8 Å². The lowest BCUT2D eigenvalue weighted by atomic mass is 9.95. The average molecular weight is 285 g/mol. The maximum atomic E-state index is 9.83. The Labute approximate surface area is 125 Å². The van der Waals surface area contributed by atoms with Gasteiger partial charge in [-0.15, -0.1) is 0 Å². The van der Waals surface area contributed by atoms with E-state index in [4.69, 9.17) is 4.74 Å². The van der Waals surface area contributed by atoms with Crippen LogP contribution in [0.3, 0.4) is 0 Å². The molecule has 2 aromatic carbocycles. The molecule has 0 saturated heterocycles. The van der Waals surface area contributed by atoms with Crippen molar-refractivity contribution in [3.63, 3.8) is 0 Å². The third-order valence-electron chi connectivity index (χ3n) is 4.39. The van der Waals surface area contributed by atoms with Gasteiger partial charge in [0.05, 0.1) is 12.1 Å². The van der Waals surface area contributed by atoms with Crippen molar-refractivity contribution in [2.24, 2.45) is 5.92 Å². The minimum Gasteiger partial charge on any atom is -0.492 e. The second kappa shape index (κ2) is 6.04. The number of fused-ring (bicyclic) bond motifs is 1. The molecule has 0 amide bonds. The maximum Gasteiger partial charge on any atom is 0.120 e. The second-order valence-electron chi connectivity index (χ2n) is 5.92. The molecule has 1 atom stereocenters. The number of rotatable bonds is 7. The molecule has 3 nitrogen and oxygen atoms in total. The monoisotopic (exact) mass is 285 g/mol. The predicted octanol–water partition coefficient (Wildman–Crippen LogP) is 2.97. The van der Waals surface area contributed by atoms with Crippen LogP contribution >= 0.6 is 0 Å². The number of likely N-dealkylation sites (N-methyl/N-ethyl adjacent to an activating group) is 1. The zero-order chi connectivity index (χ0) is 14.7. The summed E-state index contributed by atoms with van der Waals surface area (Å²) in [6, 6.07) is 14.4. The van der Waals surface area contributed by atoms with E-state index in [1.165, 1.54) is 23.6 Å². The standard InChI is InChI=1S/C18H23NO2/c1-2-19-18(12-20,16-8-9-16)13-21-17-10-7-14-5-3-4-6-15(14)11-17/h3-7,10-11,16,19-20H,2,8-9,12-13H2,1H3. The summed E-state index contributed by atoms with van der Waals surface area (Å²) in [6.45, 7) is 3.56. The number of aliphatic hydroxyl groups excluding tert-OH is 1. The van der Waals surface area contributed by atoms with Crippen LogP contribution in [-0.4, -0.2) is 30.4 Å². The molecular weight excluding hydrogens is 262 g/mol. The first-order valence-corrected chi connectivity index (χ1v) is 7.75. The van der Waals surface area contributed by atoms with E-state index in [0.29, 0.717) is 12.5 Å². The Morgan fingerprint density at radius 2 is 1.95 bits per heavy atom. The molecule has 1 fully saturated rings. The van der Waals surface area contributed by atoms with Crippen LogP contribution in [0.4, 0.5) is 0 Å². The molecule has 0 aromatic heterocycles. The van der Waals surface area contributed by atoms with Crippen molar-refractivity contribution in [1.29, 1.82) is 0 Å². The van der Waals surface area contributed by atoms with Gasteiger partial charge in [-0.2, -0.15) is 0 Å². The van der Waals surface area contributed by atoms with E-state index in [0.717, 1.165) is 12.3 Å². The van der Waals surface area contributed by atoms with E-state index >= 15 is 0 Å². The minimum atomic E-state index is -0.291. The maximum absolute atomic E-state index is 9.83. The number of nitrogens with one attached hydrogen (secondary N) is 1. The van der Waals surface area contributed by atoms with Gasteiger partial charge in [0.1, 0.15) is 12.4 Å². The highest BCUT2D eigenvalue weighted by molar-refractivity contribution is 5.83. The van der Waals surface area contributed by atoms with E-state index in [9.17, 15) is 5.11 Å². The predicted molar refractivity (Wildman–Crippen MR) is 85.7 cm³/mol. The van der Waals surface area contributed by atoms with Crippen LogP contribution in [0.2, 0.25) is 0 Å². The number of ether oxygens (including phenoxy) is 1. The topological polar surface area (TPSA) is 41.5 Å². The third kappa shape index (κ3) is 3.04. The van der Waals surface area contributed by atoms with E-state index in [-0.39, 0.29) is 12.1 Å². The van der Waals surface area contributed by atoms with Crippen LogP contribution in [0, 0.1) is 5.92 Å².